The highest BCUT2D eigenvalue weighted by atomic mass is 19.1. The van der Waals surface area contributed by atoms with Crippen molar-refractivity contribution < 1.29 is 29.3 Å². The topological polar surface area (TPSA) is 112 Å². The summed E-state index contributed by atoms with van der Waals surface area (Å²) in [5, 5.41) is 33.9. The van der Waals surface area contributed by atoms with E-state index in [0.29, 0.717) is 16.8 Å². The lowest BCUT2D eigenvalue weighted by atomic mass is 9.85. The smallest absolute Gasteiger partial charge is 0.305 e. The van der Waals surface area contributed by atoms with E-state index in [-0.39, 0.29) is 36.4 Å². The molecule has 0 aliphatic carbocycles. The molecule has 3 aromatic carbocycles. The third-order valence-electron chi connectivity index (χ3n) is 9.59. The Morgan fingerprint density at radius 3 is 2.16 bits per heavy atom. The summed E-state index contributed by atoms with van der Waals surface area (Å²) < 4.78 is 16.8. The standard InChI is InChI=1S/C41H51FN2O5/c1-9-34(23(2)3)39-38(41(49)43-31-15-13-25(5)26(6)19-31)37(29-12-10-11-24(4)17-29)40(35-16-14-30(42)18-27(35)7)44(39)28(8)20-32(45)21-33(46)22-36(47)48/h10-19,23,28,32-34,45-46H,9,20-22H2,1-8H3,(H,43,49)(H,47,48)/t28?,32-,33-,34?/m1/s1. The van der Waals surface area contributed by atoms with E-state index in [1.807, 2.05) is 71.0 Å². The number of carbonyl (C=O) groups excluding carboxylic acids is 1. The van der Waals surface area contributed by atoms with Crippen molar-refractivity contribution in [2.45, 2.75) is 105 Å². The molecule has 2 unspecified atom stereocenters. The molecular weight excluding hydrogens is 619 g/mol. The molecular formula is C41H51FN2O5. The fourth-order valence-corrected chi connectivity index (χ4v) is 7.09. The Labute approximate surface area is 289 Å². The van der Waals surface area contributed by atoms with Crippen molar-refractivity contribution in [3.63, 3.8) is 0 Å². The van der Waals surface area contributed by atoms with Gasteiger partial charge in [0.2, 0.25) is 0 Å². The van der Waals surface area contributed by atoms with Crippen LogP contribution in [-0.4, -0.2) is 44.0 Å². The number of carboxylic acids is 1. The monoisotopic (exact) mass is 670 g/mol. The Kier molecular flexibility index (Phi) is 12.2. The van der Waals surface area contributed by atoms with Crippen LogP contribution in [0.1, 0.15) is 104 Å². The molecule has 49 heavy (non-hydrogen) atoms. The molecule has 4 atom stereocenters. The molecule has 0 saturated carbocycles. The Bertz CT molecular complexity index is 1810. The van der Waals surface area contributed by atoms with Crippen LogP contribution < -0.4 is 5.32 Å². The molecule has 0 aliphatic rings. The molecule has 0 saturated heterocycles. The number of aliphatic hydroxyl groups excluding tert-OH is 2. The summed E-state index contributed by atoms with van der Waals surface area (Å²) in [6.45, 7) is 16.2. The molecule has 0 bridgehead atoms. The summed E-state index contributed by atoms with van der Waals surface area (Å²) in [6.07, 6.45) is -1.88. The van der Waals surface area contributed by atoms with Gasteiger partial charge in [-0.2, -0.15) is 0 Å². The molecule has 1 aromatic heterocycles. The minimum atomic E-state index is -1.20. The number of carboxylic acid groups (broad SMARTS) is 1. The van der Waals surface area contributed by atoms with Gasteiger partial charge >= 0.3 is 5.97 Å². The zero-order valence-electron chi connectivity index (χ0n) is 30.0. The van der Waals surface area contributed by atoms with Gasteiger partial charge in [0.05, 0.1) is 29.9 Å². The van der Waals surface area contributed by atoms with Crippen molar-refractivity contribution in [3.8, 4) is 22.4 Å². The van der Waals surface area contributed by atoms with Gasteiger partial charge in [0.1, 0.15) is 5.82 Å². The highest BCUT2D eigenvalue weighted by Gasteiger charge is 2.36. The predicted molar refractivity (Wildman–Crippen MR) is 195 cm³/mol. The van der Waals surface area contributed by atoms with Crippen LogP contribution >= 0.6 is 0 Å². The van der Waals surface area contributed by atoms with Gasteiger partial charge in [0.25, 0.3) is 5.91 Å². The molecule has 8 heteroatoms. The maximum Gasteiger partial charge on any atom is 0.305 e. The molecule has 0 fully saturated rings. The minimum absolute atomic E-state index is 0.0734. The number of aliphatic hydroxyl groups is 2. The van der Waals surface area contributed by atoms with Gasteiger partial charge in [-0.25, -0.2) is 4.39 Å². The second-order valence-corrected chi connectivity index (χ2v) is 13.9. The average molecular weight is 671 g/mol. The van der Waals surface area contributed by atoms with Gasteiger partial charge in [0.15, 0.2) is 0 Å². The van der Waals surface area contributed by atoms with E-state index in [1.54, 1.807) is 6.07 Å². The van der Waals surface area contributed by atoms with E-state index in [4.69, 9.17) is 0 Å². The second-order valence-electron chi connectivity index (χ2n) is 13.9. The number of anilines is 1. The Morgan fingerprint density at radius 2 is 1.57 bits per heavy atom. The Morgan fingerprint density at radius 1 is 0.857 bits per heavy atom. The predicted octanol–water partition coefficient (Wildman–Crippen LogP) is 9.13. The fourth-order valence-electron chi connectivity index (χ4n) is 7.09. The van der Waals surface area contributed by atoms with Gasteiger partial charge in [0, 0.05) is 34.5 Å². The molecule has 0 radical (unpaired) electrons. The summed E-state index contributed by atoms with van der Waals surface area (Å²) in [7, 11) is 0. The highest BCUT2D eigenvalue weighted by Crippen LogP contribution is 2.47. The number of hydrogen-bond donors (Lipinski definition) is 4. The van der Waals surface area contributed by atoms with Crippen LogP contribution in [0.3, 0.4) is 0 Å². The molecule has 4 aromatic rings. The maximum absolute atomic E-state index is 14.9. The Balaban J connectivity index is 2.10. The number of rotatable bonds is 14. The molecule has 0 aliphatic heterocycles. The van der Waals surface area contributed by atoms with Crippen LogP contribution in [0.5, 0.6) is 0 Å². The molecule has 1 amide bonds. The quantitative estimate of drug-likeness (QED) is 0.107. The average Bonchev–Trinajstić information content (AvgIpc) is 3.34. The number of nitrogens with one attached hydrogen (secondary N) is 1. The van der Waals surface area contributed by atoms with Crippen LogP contribution in [0.2, 0.25) is 0 Å². The minimum Gasteiger partial charge on any atom is -0.481 e. The molecule has 4 N–H and O–H groups in total. The summed E-state index contributed by atoms with van der Waals surface area (Å²) >= 11 is 0. The van der Waals surface area contributed by atoms with Gasteiger partial charge in [-0.15, -0.1) is 0 Å². The van der Waals surface area contributed by atoms with Crippen molar-refractivity contribution in [3.05, 3.63) is 100.0 Å². The summed E-state index contributed by atoms with van der Waals surface area (Å²) in [4.78, 5) is 26.1. The molecule has 1 heterocycles. The van der Waals surface area contributed by atoms with Gasteiger partial charge in [-0.1, -0.05) is 56.7 Å². The zero-order chi connectivity index (χ0) is 36.2. The number of benzene rings is 3. The molecule has 0 spiro atoms. The lowest BCUT2D eigenvalue weighted by molar-refractivity contribution is -0.139. The van der Waals surface area contributed by atoms with Gasteiger partial charge in [-0.05, 0) is 112 Å². The van der Waals surface area contributed by atoms with Gasteiger partial charge < -0.3 is 25.2 Å². The van der Waals surface area contributed by atoms with Crippen molar-refractivity contribution in [1.29, 1.82) is 0 Å². The number of aryl methyl sites for hydroxylation is 4. The number of halogens is 1. The van der Waals surface area contributed by atoms with Crippen LogP contribution in [-0.2, 0) is 4.79 Å². The van der Waals surface area contributed by atoms with Crippen molar-refractivity contribution >= 4 is 17.6 Å². The maximum atomic E-state index is 14.9. The molecule has 4 rings (SSSR count). The number of carbonyl (C=O) groups is 2. The zero-order valence-corrected chi connectivity index (χ0v) is 30.0. The summed E-state index contributed by atoms with van der Waals surface area (Å²) in [5.74, 6) is -1.71. The van der Waals surface area contributed by atoms with Crippen molar-refractivity contribution in [2.24, 2.45) is 5.92 Å². The van der Waals surface area contributed by atoms with E-state index >= 15 is 0 Å². The number of hydrogen-bond acceptors (Lipinski definition) is 4. The van der Waals surface area contributed by atoms with E-state index in [9.17, 15) is 29.3 Å². The SMILES string of the molecule is CCC(c1c(C(=O)Nc2ccc(C)c(C)c2)c(-c2cccc(C)c2)c(-c2ccc(F)cc2C)n1C(C)C[C@@H](O)C[C@@H](O)CC(=O)O)C(C)C. The van der Waals surface area contributed by atoms with Crippen LogP contribution in [0.4, 0.5) is 10.1 Å². The third-order valence-corrected chi connectivity index (χ3v) is 9.59. The first kappa shape index (κ1) is 37.5. The highest BCUT2D eigenvalue weighted by molar-refractivity contribution is 6.12. The molecule has 262 valence electrons. The lowest BCUT2D eigenvalue weighted by Crippen LogP contribution is -2.25. The first-order valence-electron chi connectivity index (χ1n) is 17.2. The fraction of sp³-hybridized carbons (Fsp3) is 0.415. The van der Waals surface area contributed by atoms with Gasteiger partial charge in [-0.3, -0.25) is 9.59 Å². The first-order chi connectivity index (χ1) is 23.1. The van der Waals surface area contributed by atoms with E-state index in [1.165, 1.54) is 12.1 Å². The number of aliphatic carboxylic acids is 1. The second kappa shape index (κ2) is 16.0. The number of aromatic nitrogens is 1. The number of amides is 1. The van der Waals surface area contributed by atoms with Crippen LogP contribution in [0, 0.1) is 39.4 Å². The molecule has 7 nitrogen and oxygen atoms in total. The first-order valence-corrected chi connectivity index (χ1v) is 17.2. The third kappa shape index (κ3) is 8.67. The summed E-state index contributed by atoms with van der Waals surface area (Å²) in [5.41, 5.74) is 8.97. The Hall–Kier alpha value is -4.27. The van der Waals surface area contributed by atoms with E-state index in [0.717, 1.165) is 51.2 Å². The lowest BCUT2D eigenvalue weighted by Gasteiger charge is -2.29. The number of nitrogens with zero attached hydrogens (tertiary/aromatic N) is 1. The summed E-state index contributed by atoms with van der Waals surface area (Å²) in [6, 6.07) is 18.1. The van der Waals surface area contributed by atoms with Crippen molar-refractivity contribution in [1.82, 2.24) is 4.57 Å². The normalized spacial score (nSPS) is 14.0. The van der Waals surface area contributed by atoms with Crippen LogP contribution in [0.15, 0.2) is 60.7 Å². The largest absolute Gasteiger partial charge is 0.481 e. The van der Waals surface area contributed by atoms with Crippen LogP contribution in [0.25, 0.3) is 22.4 Å². The van der Waals surface area contributed by atoms with E-state index < -0.39 is 30.6 Å². The van der Waals surface area contributed by atoms with E-state index in [2.05, 4.69) is 36.7 Å². The van der Waals surface area contributed by atoms with Crippen molar-refractivity contribution in [2.75, 3.05) is 5.32 Å².